The van der Waals surface area contributed by atoms with Crippen molar-refractivity contribution in [1.82, 2.24) is 0 Å². The van der Waals surface area contributed by atoms with Crippen LogP contribution in [0.5, 0.6) is 0 Å². The van der Waals surface area contributed by atoms with Gasteiger partial charge < -0.3 is 16.4 Å². The van der Waals surface area contributed by atoms with E-state index in [1.807, 2.05) is 18.2 Å². The number of rotatable bonds is 5. The van der Waals surface area contributed by atoms with E-state index in [0.29, 0.717) is 12.1 Å². The molecule has 0 aromatic heterocycles. The third kappa shape index (κ3) is 3.05. The van der Waals surface area contributed by atoms with Gasteiger partial charge in [-0.15, -0.1) is 0 Å². The number of benzene rings is 1. The van der Waals surface area contributed by atoms with Gasteiger partial charge in [-0.2, -0.15) is 0 Å². The largest absolute Gasteiger partial charge is 0.399 e. The first-order valence-electron chi connectivity index (χ1n) is 6.44. The number of nitrogen functional groups attached to an aromatic ring is 2. The fourth-order valence-electron chi connectivity index (χ4n) is 2.09. The molecular weight excluding hydrogens is 210 g/mol. The topological polar surface area (TPSA) is 55.3 Å². The highest BCUT2D eigenvalue weighted by Gasteiger charge is 2.20. The molecule has 0 saturated heterocycles. The molecule has 17 heavy (non-hydrogen) atoms. The highest BCUT2D eigenvalue weighted by molar-refractivity contribution is 5.72. The summed E-state index contributed by atoms with van der Waals surface area (Å²) in [6.07, 6.45) is 2.19. The lowest BCUT2D eigenvalue weighted by molar-refractivity contribution is 0.528. The standard InChI is InChI=1S/C14H25N3/c1-5-10(3)17(11(4)6-2)14-9-12(15)7-8-13(14)16/h7-11H,5-6,15-16H2,1-4H3. The molecule has 0 aliphatic heterocycles. The average Bonchev–Trinajstić information content (AvgIpc) is 2.33. The van der Waals surface area contributed by atoms with Crippen molar-refractivity contribution in [3.8, 4) is 0 Å². The minimum atomic E-state index is 0.467. The fourth-order valence-corrected chi connectivity index (χ4v) is 2.09. The smallest absolute Gasteiger partial charge is 0.0625 e. The van der Waals surface area contributed by atoms with Crippen LogP contribution in [0.2, 0.25) is 0 Å². The normalized spacial score (nSPS) is 14.4. The second kappa shape index (κ2) is 5.80. The van der Waals surface area contributed by atoms with E-state index in [4.69, 9.17) is 11.5 Å². The van der Waals surface area contributed by atoms with Gasteiger partial charge >= 0.3 is 0 Å². The van der Waals surface area contributed by atoms with Gasteiger partial charge in [0.25, 0.3) is 0 Å². The number of nitrogens with two attached hydrogens (primary N) is 2. The SMILES string of the molecule is CCC(C)N(c1cc(N)ccc1N)C(C)CC. The summed E-state index contributed by atoms with van der Waals surface area (Å²) in [6, 6.07) is 6.66. The maximum Gasteiger partial charge on any atom is 0.0625 e. The molecule has 3 nitrogen and oxygen atoms in total. The predicted molar refractivity (Wildman–Crippen MR) is 77.3 cm³/mol. The predicted octanol–water partition coefficient (Wildman–Crippen LogP) is 3.25. The Morgan fingerprint density at radius 2 is 1.59 bits per heavy atom. The van der Waals surface area contributed by atoms with Crippen LogP contribution in [0.15, 0.2) is 18.2 Å². The minimum absolute atomic E-state index is 0.467. The first-order valence-corrected chi connectivity index (χ1v) is 6.44. The lowest BCUT2D eigenvalue weighted by atomic mass is 10.1. The minimum Gasteiger partial charge on any atom is -0.399 e. The van der Waals surface area contributed by atoms with E-state index in [1.165, 1.54) is 0 Å². The molecule has 0 amide bonds. The highest BCUT2D eigenvalue weighted by atomic mass is 15.2. The maximum atomic E-state index is 6.08. The van der Waals surface area contributed by atoms with Crippen molar-refractivity contribution in [3.63, 3.8) is 0 Å². The van der Waals surface area contributed by atoms with Crippen LogP contribution in [0.25, 0.3) is 0 Å². The van der Waals surface area contributed by atoms with Gasteiger partial charge in [0, 0.05) is 17.8 Å². The number of hydrogen-bond acceptors (Lipinski definition) is 3. The van der Waals surface area contributed by atoms with E-state index in [0.717, 1.165) is 29.9 Å². The van der Waals surface area contributed by atoms with Gasteiger partial charge in [-0.05, 0) is 44.9 Å². The third-order valence-electron chi connectivity index (χ3n) is 3.46. The van der Waals surface area contributed by atoms with E-state index in [-0.39, 0.29) is 0 Å². The molecule has 3 heteroatoms. The summed E-state index contributed by atoms with van der Waals surface area (Å²) in [7, 11) is 0. The Kier molecular flexibility index (Phi) is 4.67. The molecule has 1 aromatic rings. The summed E-state index contributed by atoms with van der Waals surface area (Å²) in [6.45, 7) is 8.86. The van der Waals surface area contributed by atoms with Crippen molar-refractivity contribution in [2.75, 3.05) is 16.4 Å². The summed E-state index contributed by atoms with van der Waals surface area (Å²) in [5.41, 5.74) is 14.6. The highest BCUT2D eigenvalue weighted by Crippen LogP contribution is 2.30. The van der Waals surface area contributed by atoms with Crippen LogP contribution in [-0.4, -0.2) is 12.1 Å². The van der Waals surface area contributed by atoms with Crippen molar-refractivity contribution >= 4 is 17.1 Å². The molecule has 0 heterocycles. The Morgan fingerprint density at radius 3 is 2.06 bits per heavy atom. The van der Waals surface area contributed by atoms with Crippen LogP contribution in [0.1, 0.15) is 40.5 Å². The Morgan fingerprint density at radius 1 is 1.06 bits per heavy atom. The second-order valence-electron chi connectivity index (χ2n) is 4.74. The Bertz CT molecular complexity index is 352. The molecule has 0 aliphatic rings. The quantitative estimate of drug-likeness (QED) is 0.770. The van der Waals surface area contributed by atoms with Gasteiger partial charge in [0.15, 0.2) is 0 Å². The van der Waals surface area contributed by atoms with E-state index in [1.54, 1.807) is 0 Å². The molecule has 0 radical (unpaired) electrons. The van der Waals surface area contributed by atoms with Gasteiger partial charge in [-0.25, -0.2) is 0 Å². The molecule has 0 aliphatic carbocycles. The van der Waals surface area contributed by atoms with Crippen LogP contribution < -0.4 is 16.4 Å². The third-order valence-corrected chi connectivity index (χ3v) is 3.46. The van der Waals surface area contributed by atoms with Crippen LogP contribution in [-0.2, 0) is 0 Å². The molecule has 4 N–H and O–H groups in total. The lowest BCUT2D eigenvalue weighted by Gasteiger charge is -2.37. The molecular formula is C14H25N3. The average molecular weight is 235 g/mol. The lowest BCUT2D eigenvalue weighted by Crippen LogP contribution is -2.40. The van der Waals surface area contributed by atoms with Crippen LogP contribution in [0.3, 0.4) is 0 Å². The van der Waals surface area contributed by atoms with Gasteiger partial charge in [-0.3, -0.25) is 0 Å². The summed E-state index contributed by atoms with van der Waals surface area (Å²) < 4.78 is 0. The first-order chi connectivity index (χ1) is 8.01. The number of nitrogens with zero attached hydrogens (tertiary/aromatic N) is 1. The molecule has 1 aromatic carbocycles. The molecule has 2 atom stereocenters. The van der Waals surface area contributed by atoms with E-state index < -0.39 is 0 Å². The summed E-state index contributed by atoms with van der Waals surface area (Å²) in [4.78, 5) is 2.38. The van der Waals surface area contributed by atoms with E-state index >= 15 is 0 Å². The van der Waals surface area contributed by atoms with Crippen molar-refractivity contribution in [1.29, 1.82) is 0 Å². The molecule has 0 spiro atoms. The number of anilines is 3. The Labute approximate surface area is 105 Å². The summed E-state index contributed by atoms with van der Waals surface area (Å²) >= 11 is 0. The maximum absolute atomic E-state index is 6.08. The van der Waals surface area contributed by atoms with Gasteiger partial charge in [0.2, 0.25) is 0 Å². The molecule has 0 saturated carbocycles. The summed E-state index contributed by atoms with van der Waals surface area (Å²) in [5, 5.41) is 0. The van der Waals surface area contributed by atoms with E-state index in [9.17, 15) is 0 Å². The molecule has 0 bridgehead atoms. The molecule has 0 fully saturated rings. The molecule has 2 unspecified atom stereocenters. The monoisotopic (exact) mass is 235 g/mol. The van der Waals surface area contributed by atoms with Gasteiger partial charge in [0.05, 0.1) is 11.4 Å². The zero-order valence-electron chi connectivity index (χ0n) is 11.4. The van der Waals surface area contributed by atoms with Crippen molar-refractivity contribution < 1.29 is 0 Å². The van der Waals surface area contributed by atoms with Crippen molar-refractivity contribution in [2.24, 2.45) is 0 Å². The van der Waals surface area contributed by atoms with Crippen LogP contribution >= 0.6 is 0 Å². The fraction of sp³-hybridized carbons (Fsp3) is 0.571. The second-order valence-corrected chi connectivity index (χ2v) is 4.74. The van der Waals surface area contributed by atoms with Crippen LogP contribution in [0.4, 0.5) is 17.1 Å². The zero-order valence-corrected chi connectivity index (χ0v) is 11.4. The van der Waals surface area contributed by atoms with Crippen LogP contribution in [0, 0.1) is 0 Å². The first kappa shape index (κ1) is 13.7. The summed E-state index contributed by atoms with van der Waals surface area (Å²) in [5.74, 6) is 0. The molecule has 96 valence electrons. The Balaban J connectivity index is 3.16. The number of hydrogen-bond donors (Lipinski definition) is 2. The van der Waals surface area contributed by atoms with Crippen molar-refractivity contribution in [2.45, 2.75) is 52.6 Å². The van der Waals surface area contributed by atoms with Gasteiger partial charge in [0.1, 0.15) is 0 Å². The van der Waals surface area contributed by atoms with E-state index in [2.05, 4.69) is 32.6 Å². The Hall–Kier alpha value is -1.38. The van der Waals surface area contributed by atoms with Crippen molar-refractivity contribution in [3.05, 3.63) is 18.2 Å². The molecule has 1 rings (SSSR count). The van der Waals surface area contributed by atoms with Gasteiger partial charge in [-0.1, -0.05) is 13.8 Å². The zero-order chi connectivity index (χ0) is 13.0.